The highest BCUT2D eigenvalue weighted by atomic mass is 16.5. The van der Waals surface area contributed by atoms with Crippen LogP contribution >= 0.6 is 0 Å². The number of esters is 1. The van der Waals surface area contributed by atoms with Crippen LogP contribution in [0, 0.1) is 23.2 Å². The second kappa shape index (κ2) is 5.46. The van der Waals surface area contributed by atoms with Crippen molar-refractivity contribution < 1.29 is 9.53 Å². The van der Waals surface area contributed by atoms with Crippen molar-refractivity contribution in [2.45, 2.75) is 61.0 Å². The third-order valence-corrected chi connectivity index (χ3v) is 3.95. The molecule has 4 unspecified atom stereocenters. The minimum atomic E-state index is -0.166. The van der Waals surface area contributed by atoms with Crippen LogP contribution in [0.25, 0.3) is 0 Å². The summed E-state index contributed by atoms with van der Waals surface area (Å²) in [6.45, 7) is 14.7. The Bertz CT molecular complexity index is 335. The van der Waals surface area contributed by atoms with Gasteiger partial charge in [0.05, 0.1) is 0 Å². The number of carbonyl (C=O) groups is 1. The zero-order valence-corrected chi connectivity index (χ0v) is 12.9. The first-order valence-corrected chi connectivity index (χ1v) is 6.97. The number of hydrogen-bond donors (Lipinski definition) is 0. The lowest BCUT2D eigenvalue weighted by Crippen LogP contribution is -2.44. The molecule has 0 spiro atoms. The molecular weight excluding hydrogens is 224 g/mol. The van der Waals surface area contributed by atoms with Gasteiger partial charge >= 0.3 is 5.97 Å². The molecule has 1 aliphatic carbocycles. The van der Waals surface area contributed by atoms with Crippen molar-refractivity contribution >= 4 is 5.97 Å². The molecule has 104 valence electrons. The molecule has 0 aromatic carbocycles. The minimum Gasteiger partial charge on any atom is -0.462 e. The summed E-state index contributed by atoms with van der Waals surface area (Å²) in [5.41, 5.74) is 1.44. The number of hydrogen-bond acceptors (Lipinski definition) is 2. The summed E-state index contributed by atoms with van der Waals surface area (Å²) in [5.74, 6) is 1.28. The van der Waals surface area contributed by atoms with Gasteiger partial charge in [0.2, 0.25) is 0 Å². The van der Waals surface area contributed by atoms with Crippen LogP contribution in [0.3, 0.4) is 0 Å². The Morgan fingerprint density at radius 1 is 1.39 bits per heavy atom. The largest absolute Gasteiger partial charge is 0.462 e. The summed E-state index contributed by atoms with van der Waals surface area (Å²) < 4.78 is 5.66. The number of carbonyl (C=O) groups excluding carboxylic acids is 1. The first-order chi connectivity index (χ1) is 8.12. The van der Waals surface area contributed by atoms with E-state index >= 15 is 0 Å². The number of allylic oxidation sites excluding steroid dienone is 2. The van der Waals surface area contributed by atoms with Crippen molar-refractivity contribution in [2.75, 3.05) is 0 Å². The van der Waals surface area contributed by atoms with E-state index in [0.717, 1.165) is 6.42 Å². The summed E-state index contributed by atoms with van der Waals surface area (Å²) in [7, 11) is 0. The fourth-order valence-corrected chi connectivity index (χ4v) is 3.38. The highest BCUT2D eigenvalue weighted by Gasteiger charge is 2.41. The first kappa shape index (κ1) is 15.3. The Balaban J connectivity index is 3.01. The monoisotopic (exact) mass is 252 g/mol. The minimum absolute atomic E-state index is 0.00986. The smallest absolute Gasteiger partial charge is 0.302 e. The summed E-state index contributed by atoms with van der Waals surface area (Å²) in [5, 5.41) is 0. The van der Waals surface area contributed by atoms with Crippen molar-refractivity contribution in [3.05, 3.63) is 11.6 Å². The van der Waals surface area contributed by atoms with Crippen molar-refractivity contribution in [1.29, 1.82) is 0 Å². The molecule has 0 radical (unpaired) electrons. The molecule has 0 aromatic heterocycles. The van der Waals surface area contributed by atoms with E-state index in [1.807, 2.05) is 0 Å². The van der Waals surface area contributed by atoms with E-state index in [1.54, 1.807) is 0 Å². The second-order valence-corrected chi connectivity index (χ2v) is 7.03. The van der Waals surface area contributed by atoms with Crippen molar-refractivity contribution in [3.8, 4) is 0 Å². The van der Waals surface area contributed by atoms with Gasteiger partial charge in [-0.2, -0.15) is 0 Å². The lowest BCUT2D eigenvalue weighted by molar-refractivity contribution is -0.160. The molecule has 0 bridgehead atoms. The topological polar surface area (TPSA) is 26.3 Å². The molecule has 2 heteroatoms. The maximum Gasteiger partial charge on any atom is 0.302 e. The summed E-state index contributed by atoms with van der Waals surface area (Å²) >= 11 is 0. The standard InChI is InChI=1S/C16H28O2/c1-10-8-11(2)14(12(3)9-10)15(16(5,6)7)18-13(4)17/h8,11-12,14-15H,9H2,1-7H3. The molecule has 0 fully saturated rings. The van der Waals surface area contributed by atoms with Crippen LogP contribution in [0.4, 0.5) is 0 Å². The Hall–Kier alpha value is -0.790. The van der Waals surface area contributed by atoms with Gasteiger partial charge in [0.25, 0.3) is 0 Å². The van der Waals surface area contributed by atoms with Gasteiger partial charge in [-0.25, -0.2) is 0 Å². The van der Waals surface area contributed by atoms with E-state index < -0.39 is 0 Å². The molecule has 0 aromatic rings. The molecule has 4 atom stereocenters. The van der Waals surface area contributed by atoms with E-state index in [9.17, 15) is 4.79 Å². The zero-order valence-electron chi connectivity index (χ0n) is 12.9. The summed E-state index contributed by atoms with van der Waals surface area (Å²) in [4.78, 5) is 11.4. The quantitative estimate of drug-likeness (QED) is 0.544. The fourth-order valence-electron chi connectivity index (χ4n) is 3.38. The molecule has 0 heterocycles. The summed E-state index contributed by atoms with van der Waals surface area (Å²) in [6, 6.07) is 0. The van der Waals surface area contributed by atoms with E-state index in [0.29, 0.717) is 17.8 Å². The van der Waals surface area contributed by atoms with E-state index in [-0.39, 0.29) is 17.5 Å². The van der Waals surface area contributed by atoms with Crippen LogP contribution in [0.2, 0.25) is 0 Å². The second-order valence-electron chi connectivity index (χ2n) is 7.03. The predicted octanol–water partition coefficient (Wildman–Crippen LogP) is 4.20. The molecular formula is C16H28O2. The van der Waals surface area contributed by atoms with Crippen LogP contribution < -0.4 is 0 Å². The molecule has 1 aliphatic rings. The Labute approximate surface area is 112 Å². The Morgan fingerprint density at radius 2 is 1.94 bits per heavy atom. The maximum absolute atomic E-state index is 11.4. The molecule has 1 rings (SSSR count). The fraction of sp³-hybridized carbons (Fsp3) is 0.812. The van der Waals surface area contributed by atoms with Crippen molar-refractivity contribution in [3.63, 3.8) is 0 Å². The number of rotatable bonds is 2. The van der Waals surface area contributed by atoms with Gasteiger partial charge in [0.1, 0.15) is 6.10 Å². The van der Waals surface area contributed by atoms with Crippen LogP contribution in [0.1, 0.15) is 54.9 Å². The van der Waals surface area contributed by atoms with Crippen LogP contribution in [0.15, 0.2) is 11.6 Å². The average Bonchev–Trinajstić information content (AvgIpc) is 2.12. The highest BCUT2D eigenvalue weighted by Crippen LogP contribution is 2.42. The average molecular weight is 252 g/mol. The third kappa shape index (κ3) is 3.60. The molecule has 18 heavy (non-hydrogen) atoms. The van der Waals surface area contributed by atoms with E-state index in [4.69, 9.17) is 4.74 Å². The van der Waals surface area contributed by atoms with Gasteiger partial charge in [-0.05, 0) is 30.6 Å². The SMILES string of the molecule is CC(=O)OC(C1C(C)C=C(C)CC1C)C(C)(C)C. The summed E-state index contributed by atoms with van der Waals surface area (Å²) in [6.07, 6.45) is 3.44. The van der Waals surface area contributed by atoms with Crippen LogP contribution in [0.5, 0.6) is 0 Å². The van der Waals surface area contributed by atoms with Gasteiger partial charge in [-0.3, -0.25) is 4.79 Å². The number of ether oxygens (including phenoxy) is 1. The Morgan fingerprint density at radius 3 is 2.33 bits per heavy atom. The van der Waals surface area contributed by atoms with Gasteiger partial charge in [0.15, 0.2) is 0 Å². The van der Waals surface area contributed by atoms with Crippen molar-refractivity contribution in [1.82, 2.24) is 0 Å². The van der Waals surface area contributed by atoms with Gasteiger partial charge in [0, 0.05) is 12.8 Å². The predicted molar refractivity (Wildman–Crippen MR) is 75.2 cm³/mol. The third-order valence-electron chi connectivity index (χ3n) is 3.95. The zero-order chi connectivity index (χ0) is 14.1. The van der Waals surface area contributed by atoms with Crippen LogP contribution in [-0.2, 0) is 9.53 Å². The molecule has 2 nitrogen and oxygen atoms in total. The van der Waals surface area contributed by atoms with Gasteiger partial charge in [-0.1, -0.05) is 46.3 Å². The van der Waals surface area contributed by atoms with Gasteiger partial charge < -0.3 is 4.74 Å². The lowest BCUT2D eigenvalue weighted by Gasteiger charge is -2.43. The maximum atomic E-state index is 11.4. The van der Waals surface area contributed by atoms with E-state index in [2.05, 4.69) is 47.6 Å². The van der Waals surface area contributed by atoms with Crippen LogP contribution in [-0.4, -0.2) is 12.1 Å². The normalized spacial score (nSPS) is 30.6. The molecule has 0 aliphatic heterocycles. The van der Waals surface area contributed by atoms with E-state index in [1.165, 1.54) is 12.5 Å². The molecule has 0 amide bonds. The molecule has 0 saturated heterocycles. The molecule has 0 N–H and O–H groups in total. The van der Waals surface area contributed by atoms with Crippen molar-refractivity contribution in [2.24, 2.45) is 23.2 Å². The first-order valence-electron chi connectivity index (χ1n) is 6.97. The van der Waals surface area contributed by atoms with Gasteiger partial charge in [-0.15, -0.1) is 0 Å². The lowest BCUT2D eigenvalue weighted by atomic mass is 9.66. The molecule has 0 saturated carbocycles. The Kier molecular flexibility index (Phi) is 4.63. The highest BCUT2D eigenvalue weighted by molar-refractivity contribution is 5.66.